The van der Waals surface area contributed by atoms with E-state index in [1.807, 2.05) is 30.0 Å². The van der Waals surface area contributed by atoms with Crippen molar-refractivity contribution in [1.29, 1.82) is 0 Å². The molecule has 0 bridgehead atoms. The Morgan fingerprint density at radius 2 is 2.16 bits per heavy atom. The molecule has 5 nitrogen and oxygen atoms in total. The molecule has 0 N–H and O–H groups in total. The third kappa shape index (κ3) is 4.21. The van der Waals surface area contributed by atoms with Crippen LogP contribution in [-0.2, 0) is 20.9 Å². The van der Waals surface area contributed by atoms with Gasteiger partial charge in [0.2, 0.25) is 5.91 Å². The average molecular weight is 344 g/mol. The number of carbonyl (C=O) groups is 1. The first kappa shape index (κ1) is 17.0. The van der Waals surface area contributed by atoms with E-state index in [0.29, 0.717) is 25.0 Å². The van der Waals surface area contributed by atoms with E-state index in [-0.39, 0.29) is 11.7 Å². The molecule has 1 aliphatic carbocycles. The van der Waals surface area contributed by atoms with Gasteiger partial charge in [-0.3, -0.25) is 9.78 Å². The maximum atomic E-state index is 12.3. The maximum absolute atomic E-state index is 12.3. The molecule has 1 amide bonds. The Hall–Kier alpha value is -1.46. The number of hydrogen-bond donors (Lipinski definition) is 0. The second kappa shape index (κ2) is 7.04. The number of ether oxygens (including phenoxy) is 2. The quantitative estimate of drug-likeness (QED) is 0.824. The minimum atomic E-state index is -0.0823. The first-order valence-electron chi connectivity index (χ1n) is 9.58. The fourth-order valence-corrected chi connectivity index (χ4v) is 4.00. The summed E-state index contributed by atoms with van der Waals surface area (Å²) in [5.41, 5.74) is 1.91. The molecule has 1 saturated carbocycles. The first-order valence-corrected chi connectivity index (χ1v) is 9.58. The van der Waals surface area contributed by atoms with Crippen LogP contribution in [0.5, 0.6) is 0 Å². The van der Waals surface area contributed by atoms with Crippen LogP contribution in [0.25, 0.3) is 0 Å². The standard InChI is InChI=1S/C20H28N2O3/c1-15-3-2-4-17(21-15)13-24-18-12-20(25-14-18)7-9-22(10-8-20)19(23)11-16-5-6-16/h2-4,16,18H,5-14H2,1H3/t18-/m0/s1. The van der Waals surface area contributed by atoms with E-state index in [4.69, 9.17) is 9.47 Å². The number of likely N-dealkylation sites (tertiary alicyclic amines) is 1. The summed E-state index contributed by atoms with van der Waals surface area (Å²) in [5, 5.41) is 0. The lowest BCUT2D eigenvalue weighted by atomic mass is 9.88. The summed E-state index contributed by atoms with van der Waals surface area (Å²) in [6.07, 6.45) is 6.17. The van der Waals surface area contributed by atoms with Gasteiger partial charge in [0.1, 0.15) is 0 Å². The zero-order valence-electron chi connectivity index (χ0n) is 15.1. The van der Waals surface area contributed by atoms with E-state index in [1.165, 1.54) is 12.8 Å². The predicted molar refractivity (Wildman–Crippen MR) is 94.0 cm³/mol. The zero-order valence-corrected chi connectivity index (χ0v) is 15.1. The van der Waals surface area contributed by atoms with E-state index in [9.17, 15) is 4.79 Å². The van der Waals surface area contributed by atoms with Crippen LogP contribution in [0.4, 0.5) is 0 Å². The second-order valence-electron chi connectivity index (χ2n) is 7.93. The van der Waals surface area contributed by atoms with Gasteiger partial charge < -0.3 is 14.4 Å². The summed E-state index contributed by atoms with van der Waals surface area (Å²) >= 11 is 0. The topological polar surface area (TPSA) is 51.7 Å². The molecule has 1 aromatic rings. The van der Waals surface area contributed by atoms with Crippen molar-refractivity contribution < 1.29 is 14.3 Å². The number of piperidine rings is 1. The SMILES string of the molecule is Cc1cccc(CO[C@@H]2COC3(CCN(C(=O)CC4CC4)CC3)C2)n1. The molecule has 2 saturated heterocycles. The molecule has 136 valence electrons. The molecule has 1 atom stereocenters. The summed E-state index contributed by atoms with van der Waals surface area (Å²) in [4.78, 5) is 18.8. The minimum Gasteiger partial charge on any atom is -0.372 e. The minimum absolute atomic E-state index is 0.0823. The van der Waals surface area contributed by atoms with Crippen molar-refractivity contribution in [3.63, 3.8) is 0 Å². The first-order chi connectivity index (χ1) is 12.1. The largest absolute Gasteiger partial charge is 0.372 e. The molecule has 1 aromatic heterocycles. The molecule has 0 aromatic carbocycles. The van der Waals surface area contributed by atoms with Gasteiger partial charge in [-0.15, -0.1) is 0 Å². The Labute approximate surface area is 149 Å². The monoisotopic (exact) mass is 344 g/mol. The van der Waals surface area contributed by atoms with Gasteiger partial charge in [-0.05, 0) is 50.7 Å². The molecule has 0 radical (unpaired) electrons. The molecule has 2 aliphatic heterocycles. The number of aromatic nitrogens is 1. The van der Waals surface area contributed by atoms with Crippen molar-refractivity contribution in [3.05, 3.63) is 29.6 Å². The van der Waals surface area contributed by atoms with Crippen LogP contribution in [0.15, 0.2) is 18.2 Å². The summed E-state index contributed by atoms with van der Waals surface area (Å²) in [6.45, 7) is 4.85. The van der Waals surface area contributed by atoms with Crippen molar-refractivity contribution >= 4 is 5.91 Å². The number of carbonyl (C=O) groups excluding carboxylic acids is 1. The molecular weight excluding hydrogens is 316 g/mol. The van der Waals surface area contributed by atoms with E-state index >= 15 is 0 Å². The Bertz CT molecular complexity index is 621. The average Bonchev–Trinajstić information content (AvgIpc) is 3.34. The van der Waals surface area contributed by atoms with Crippen molar-refractivity contribution in [2.24, 2.45) is 5.92 Å². The van der Waals surface area contributed by atoms with Crippen molar-refractivity contribution in [3.8, 4) is 0 Å². The molecule has 1 spiro atoms. The zero-order chi connectivity index (χ0) is 17.3. The molecule has 4 rings (SSSR count). The number of hydrogen-bond acceptors (Lipinski definition) is 4. The van der Waals surface area contributed by atoms with E-state index < -0.39 is 0 Å². The maximum Gasteiger partial charge on any atom is 0.222 e. The summed E-state index contributed by atoms with van der Waals surface area (Å²) in [7, 11) is 0. The fraction of sp³-hybridized carbons (Fsp3) is 0.700. The van der Waals surface area contributed by atoms with Crippen molar-refractivity contribution in [2.75, 3.05) is 19.7 Å². The number of nitrogens with zero attached hydrogens (tertiary/aromatic N) is 2. The van der Waals surface area contributed by atoms with Crippen LogP contribution in [0.3, 0.4) is 0 Å². The lowest BCUT2D eigenvalue weighted by Crippen LogP contribution is -2.46. The highest BCUT2D eigenvalue weighted by molar-refractivity contribution is 5.76. The predicted octanol–water partition coefficient (Wildman–Crippen LogP) is 2.86. The van der Waals surface area contributed by atoms with Crippen LogP contribution in [-0.4, -0.2) is 47.2 Å². The normalized spacial score (nSPS) is 25.5. The third-order valence-electron chi connectivity index (χ3n) is 5.78. The number of pyridine rings is 1. The van der Waals surface area contributed by atoms with Gasteiger partial charge in [-0.2, -0.15) is 0 Å². The molecular formula is C20H28N2O3. The lowest BCUT2D eigenvalue weighted by Gasteiger charge is -2.38. The van der Waals surface area contributed by atoms with Gasteiger partial charge in [-0.1, -0.05) is 6.07 Å². The van der Waals surface area contributed by atoms with E-state index in [2.05, 4.69) is 4.98 Å². The number of rotatable bonds is 5. The van der Waals surface area contributed by atoms with Gasteiger partial charge in [0.15, 0.2) is 0 Å². The van der Waals surface area contributed by atoms with Crippen LogP contribution in [0.1, 0.15) is 49.9 Å². The van der Waals surface area contributed by atoms with Gasteiger partial charge in [0, 0.05) is 31.6 Å². The Morgan fingerprint density at radius 1 is 1.36 bits per heavy atom. The number of amides is 1. The molecule has 3 heterocycles. The highest BCUT2D eigenvalue weighted by atomic mass is 16.6. The molecule has 0 unspecified atom stereocenters. The molecule has 25 heavy (non-hydrogen) atoms. The highest BCUT2D eigenvalue weighted by Gasteiger charge is 2.44. The lowest BCUT2D eigenvalue weighted by molar-refractivity contribution is -0.136. The highest BCUT2D eigenvalue weighted by Crippen LogP contribution is 2.38. The van der Waals surface area contributed by atoms with Crippen molar-refractivity contribution in [2.45, 2.75) is 63.8 Å². The summed E-state index contributed by atoms with van der Waals surface area (Å²) in [5.74, 6) is 1.01. The van der Waals surface area contributed by atoms with E-state index in [1.54, 1.807) is 0 Å². The van der Waals surface area contributed by atoms with Crippen molar-refractivity contribution in [1.82, 2.24) is 9.88 Å². The Balaban J connectivity index is 1.24. The van der Waals surface area contributed by atoms with Crippen LogP contribution >= 0.6 is 0 Å². The van der Waals surface area contributed by atoms with Crippen LogP contribution < -0.4 is 0 Å². The Kier molecular flexibility index (Phi) is 4.78. The van der Waals surface area contributed by atoms with Crippen LogP contribution in [0.2, 0.25) is 0 Å². The summed E-state index contributed by atoms with van der Waals surface area (Å²) in [6, 6.07) is 6.01. The smallest absolute Gasteiger partial charge is 0.222 e. The van der Waals surface area contributed by atoms with E-state index in [0.717, 1.165) is 50.2 Å². The third-order valence-corrected chi connectivity index (χ3v) is 5.78. The second-order valence-corrected chi connectivity index (χ2v) is 7.93. The van der Waals surface area contributed by atoms with Gasteiger partial charge in [0.05, 0.1) is 30.6 Å². The fourth-order valence-electron chi connectivity index (χ4n) is 4.00. The van der Waals surface area contributed by atoms with Crippen LogP contribution in [0, 0.1) is 12.8 Å². The van der Waals surface area contributed by atoms with Gasteiger partial charge >= 0.3 is 0 Å². The molecule has 5 heteroatoms. The molecule has 3 aliphatic rings. The van der Waals surface area contributed by atoms with Gasteiger partial charge in [0.25, 0.3) is 0 Å². The summed E-state index contributed by atoms with van der Waals surface area (Å²) < 4.78 is 12.2. The van der Waals surface area contributed by atoms with Gasteiger partial charge in [-0.25, -0.2) is 0 Å². The number of aryl methyl sites for hydroxylation is 1. The molecule has 3 fully saturated rings. The Morgan fingerprint density at radius 3 is 2.88 bits per heavy atom.